The standard InChI is InChI=1S/C10H12N2O3/c13-12(14)8-5-9-3-4-10(15-9)11-6-1-2-7-11/h3-5,8H,1-2,6-7H2/b8-5+. The molecule has 15 heavy (non-hydrogen) atoms. The molecule has 0 spiro atoms. The van der Waals surface area contributed by atoms with Crippen molar-refractivity contribution in [2.75, 3.05) is 18.0 Å². The molecule has 1 aliphatic heterocycles. The largest absolute Gasteiger partial charge is 0.441 e. The maximum Gasteiger partial charge on any atom is 0.238 e. The van der Waals surface area contributed by atoms with E-state index in [2.05, 4.69) is 4.90 Å². The summed E-state index contributed by atoms with van der Waals surface area (Å²) in [6.45, 7) is 2.01. The third-order valence-corrected chi connectivity index (χ3v) is 2.39. The predicted octanol–water partition coefficient (Wildman–Crippen LogP) is 2.13. The van der Waals surface area contributed by atoms with Gasteiger partial charge in [-0.25, -0.2) is 0 Å². The fraction of sp³-hybridized carbons (Fsp3) is 0.400. The molecule has 0 radical (unpaired) electrons. The maximum atomic E-state index is 10.1. The van der Waals surface area contributed by atoms with Gasteiger partial charge >= 0.3 is 0 Å². The molecule has 2 heterocycles. The van der Waals surface area contributed by atoms with Gasteiger partial charge in [-0.15, -0.1) is 0 Å². The fourth-order valence-corrected chi connectivity index (χ4v) is 1.67. The highest BCUT2D eigenvalue weighted by molar-refractivity contribution is 5.47. The molecule has 5 heteroatoms. The molecule has 0 aliphatic carbocycles. The van der Waals surface area contributed by atoms with E-state index in [1.165, 1.54) is 18.9 Å². The minimum atomic E-state index is -0.502. The van der Waals surface area contributed by atoms with Crippen LogP contribution in [0.5, 0.6) is 0 Å². The van der Waals surface area contributed by atoms with E-state index in [4.69, 9.17) is 4.42 Å². The molecule has 1 aromatic heterocycles. The highest BCUT2D eigenvalue weighted by Crippen LogP contribution is 2.23. The third-order valence-electron chi connectivity index (χ3n) is 2.39. The van der Waals surface area contributed by atoms with E-state index in [9.17, 15) is 10.1 Å². The monoisotopic (exact) mass is 208 g/mol. The van der Waals surface area contributed by atoms with Crippen LogP contribution in [0.15, 0.2) is 22.7 Å². The average Bonchev–Trinajstić information content (AvgIpc) is 2.85. The number of hydrogen-bond donors (Lipinski definition) is 0. The van der Waals surface area contributed by atoms with Crippen LogP contribution in [0.1, 0.15) is 18.6 Å². The lowest BCUT2D eigenvalue weighted by Crippen LogP contribution is -2.16. The molecule has 1 aliphatic rings. The van der Waals surface area contributed by atoms with Crippen molar-refractivity contribution < 1.29 is 9.34 Å². The first-order valence-corrected chi connectivity index (χ1v) is 4.92. The number of nitro groups is 1. The lowest BCUT2D eigenvalue weighted by molar-refractivity contribution is -0.401. The topological polar surface area (TPSA) is 59.5 Å². The molecule has 2 rings (SSSR count). The zero-order valence-corrected chi connectivity index (χ0v) is 8.26. The van der Waals surface area contributed by atoms with Gasteiger partial charge in [-0.05, 0) is 18.9 Å². The van der Waals surface area contributed by atoms with E-state index in [1.807, 2.05) is 6.07 Å². The van der Waals surface area contributed by atoms with Crippen LogP contribution >= 0.6 is 0 Å². The molecule has 0 unspecified atom stereocenters. The van der Waals surface area contributed by atoms with Gasteiger partial charge < -0.3 is 9.32 Å². The van der Waals surface area contributed by atoms with Crippen molar-refractivity contribution in [3.63, 3.8) is 0 Å². The quantitative estimate of drug-likeness (QED) is 0.564. The molecular formula is C10H12N2O3. The average molecular weight is 208 g/mol. The Hall–Kier alpha value is -1.78. The summed E-state index contributed by atoms with van der Waals surface area (Å²) in [5.41, 5.74) is 0. The van der Waals surface area contributed by atoms with Crippen molar-refractivity contribution >= 4 is 12.0 Å². The normalized spacial score (nSPS) is 16.4. The number of rotatable bonds is 3. The minimum absolute atomic E-state index is 0.502. The molecule has 0 amide bonds. The molecule has 1 fully saturated rings. The summed E-state index contributed by atoms with van der Waals surface area (Å²) >= 11 is 0. The number of nitrogens with zero attached hydrogens (tertiary/aromatic N) is 2. The van der Waals surface area contributed by atoms with Crippen molar-refractivity contribution in [2.24, 2.45) is 0 Å². The van der Waals surface area contributed by atoms with Gasteiger partial charge in [0.2, 0.25) is 6.20 Å². The summed E-state index contributed by atoms with van der Waals surface area (Å²) in [5.74, 6) is 1.32. The summed E-state index contributed by atoms with van der Waals surface area (Å²) in [5, 5.41) is 10.1. The highest BCUT2D eigenvalue weighted by atomic mass is 16.6. The molecule has 80 valence electrons. The van der Waals surface area contributed by atoms with Crippen molar-refractivity contribution in [3.05, 3.63) is 34.2 Å². The Morgan fingerprint density at radius 1 is 1.40 bits per heavy atom. The number of hydrogen-bond acceptors (Lipinski definition) is 4. The van der Waals surface area contributed by atoms with Crippen LogP contribution in [0, 0.1) is 10.1 Å². The third kappa shape index (κ3) is 2.37. The lowest BCUT2D eigenvalue weighted by atomic mass is 10.4. The van der Waals surface area contributed by atoms with E-state index in [0.29, 0.717) is 5.76 Å². The van der Waals surface area contributed by atoms with Crippen LogP contribution in [-0.2, 0) is 0 Å². The first-order valence-electron chi connectivity index (χ1n) is 4.92. The van der Waals surface area contributed by atoms with Crippen molar-refractivity contribution in [1.29, 1.82) is 0 Å². The van der Waals surface area contributed by atoms with Crippen molar-refractivity contribution in [2.45, 2.75) is 12.8 Å². The van der Waals surface area contributed by atoms with Gasteiger partial charge in [0.25, 0.3) is 0 Å². The summed E-state index contributed by atoms with van der Waals surface area (Å²) in [4.78, 5) is 11.7. The molecule has 1 aromatic rings. The Labute approximate surface area is 87.1 Å². The van der Waals surface area contributed by atoms with Crippen molar-refractivity contribution in [1.82, 2.24) is 0 Å². The Kier molecular flexibility index (Phi) is 2.71. The van der Waals surface area contributed by atoms with Crippen LogP contribution in [0.2, 0.25) is 0 Å². The molecule has 5 nitrogen and oxygen atoms in total. The van der Waals surface area contributed by atoms with Crippen LogP contribution in [0.25, 0.3) is 6.08 Å². The fourth-order valence-electron chi connectivity index (χ4n) is 1.67. The van der Waals surface area contributed by atoms with Gasteiger partial charge in [-0.1, -0.05) is 0 Å². The molecular weight excluding hydrogens is 196 g/mol. The van der Waals surface area contributed by atoms with Gasteiger partial charge in [0, 0.05) is 19.2 Å². The van der Waals surface area contributed by atoms with E-state index in [0.717, 1.165) is 25.2 Å². The van der Waals surface area contributed by atoms with Gasteiger partial charge in [0.15, 0.2) is 5.88 Å². The summed E-state index contributed by atoms with van der Waals surface area (Å²) in [6, 6.07) is 3.60. The Balaban J connectivity index is 2.06. The predicted molar refractivity (Wildman–Crippen MR) is 56.2 cm³/mol. The molecule has 0 aromatic carbocycles. The lowest BCUT2D eigenvalue weighted by Gasteiger charge is -2.12. The first kappa shape index (κ1) is 9.76. The molecule has 1 saturated heterocycles. The maximum absolute atomic E-state index is 10.1. The smallest absolute Gasteiger partial charge is 0.238 e. The zero-order valence-electron chi connectivity index (χ0n) is 8.26. The van der Waals surface area contributed by atoms with Gasteiger partial charge in [-0.3, -0.25) is 10.1 Å². The van der Waals surface area contributed by atoms with Crippen LogP contribution in [0.4, 0.5) is 5.88 Å². The second-order valence-electron chi connectivity index (χ2n) is 3.47. The molecule has 0 atom stereocenters. The van der Waals surface area contributed by atoms with Crippen LogP contribution in [0.3, 0.4) is 0 Å². The van der Waals surface area contributed by atoms with E-state index in [1.54, 1.807) is 6.07 Å². The minimum Gasteiger partial charge on any atom is -0.441 e. The van der Waals surface area contributed by atoms with E-state index < -0.39 is 4.92 Å². The molecule has 0 bridgehead atoms. The second-order valence-corrected chi connectivity index (χ2v) is 3.47. The van der Waals surface area contributed by atoms with Crippen LogP contribution in [-0.4, -0.2) is 18.0 Å². The summed E-state index contributed by atoms with van der Waals surface area (Å²) in [7, 11) is 0. The van der Waals surface area contributed by atoms with Gasteiger partial charge in [0.1, 0.15) is 5.76 Å². The van der Waals surface area contributed by atoms with E-state index >= 15 is 0 Å². The second kappa shape index (κ2) is 4.16. The Bertz CT molecular complexity index is 378. The van der Waals surface area contributed by atoms with Crippen molar-refractivity contribution in [3.8, 4) is 0 Å². The first-order chi connectivity index (χ1) is 7.25. The number of furan rings is 1. The van der Waals surface area contributed by atoms with E-state index in [-0.39, 0.29) is 0 Å². The molecule has 0 saturated carbocycles. The Morgan fingerprint density at radius 2 is 2.13 bits per heavy atom. The van der Waals surface area contributed by atoms with Gasteiger partial charge in [0.05, 0.1) is 11.0 Å². The Morgan fingerprint density at radius 3 is 2.80 bits per heavy atom. The van der Waals surface area contributed by atoms with Crippen LogP contribution < -0.4 is 4.90 Å². The summed E-state index contributed by atoms with van der Waals surface area (Å²) < 4.78 is 5.45. The van der Waals surface area contributed by atoms with Gasteiger partial charge in [-0.2, -0.15) is 0 Å². The number of anilines is 1. The highest BCUT2D eigenvalue weighted by Gasteiger charge is 2.14. The molecule has 0 N–H and O–H groups in total. The SMILES string of the molecule is O=[N+]([O-])/C=C/c1ccc(N2CCCC2)o1. The summed E-state index contributed by atoms with van der Waals surface area (Å²) in [6.07, 6.45) is 4.60. The zero-order chi connectivity index (χ0) is 10.7.